The molecule has 1 atom stereocenters. The van der Waals surface area contributed by atoms with Gasteiger partial charge in [0.2, 0.25) is 11.7 Å². The Morgan fingerprint density at radius 2 is 2.08 bits per heavy atom. The third kappa shape index (κ3) is 5.94. The highest BCUT2D eigenvalue weighted by Crippen LogP contribution is 2.19. The van der Waals surface area contributed by atoms with Gasteiger partial charge >= 0.3 is 0 Å². The fraction of sp³-hybridized carbons (Fsp3) is 0.438. The van der Waals surface area contributed by atoms with Crippen molar-refractivity contribution in [3.05, 3.63) is 35.2 Å². The zero-order chi connectivity index (χ0) is 16.8. The Morgan fingerprint density at radius 3 is 2.71 bits per heavy atom. The normalized spacial score (nSPS) is 12.7. The van der Waals surface area contributed by atoms with E-state index >= 15 is 0 Å². The van der Waals surface area contributed by atoms with Crippen molar-refractivity contribution >= 4 is 41.5 Å². The summed E-state index contributed by atoms with van der Waals surface area (Å²) in [6, 6.07) is 7.66. The van der Waals surface area contributed by atoms with E-state index in [-0.39, 0.29) is 24.0 Å². The molecule has 1 unspecified atom stereocenters. The minimum absolute atomic E-state index is 0. The van der Waals surface area contributed by atoms with Crippen molar-refractivity contribution in [1.82, 2.24) is 20.8 Å². The summed E-state index contributed by atoms with van der Waals surface area (Å²) in [5, 5.41) is 11.1. The highest BCUT2D eigenvalue weighted by molar-refractivity contribution is 14.0. The molecular weight excluding hydrogens is 441 g/mol. The first-order chi connectivity index (χ1) is 11.0. The van der Waals surface area contributed by atoms with E-state index < -0.39 is 0 Å². The highest BCUT2D eigenvalue weighted by atomic mass is 127. The number of aliphatic imine (C=N–C) groups is 1. The van der Waals surface area contributed by atoms with Crippen molar-refractivity contribution in [3.63, 3.8) is 0 Å². The lowest BCUT2D eigenvalue weighted by molar-refractivity contribution is 0.374. The topological polar surface area (TPSA) is 75.3 Å². The minimum Gasteiger partial charge on any atom is -0.354 e. The average Bonchev–Trinajstić information content (AvgIpc) is 3.00. The van der Waals surface area contributed by atoms with Crippen LogP contribution in [0.4, 0.5) is 0 Å². The van der Waals surface area contributed by atoms with E-state index in [1.807, 2.05) is 12.1 Å². The van der Waals surface area contributed by atoms with Crippen molar-refractivity contribution < 1.29 is 4.52 Å². The number of guanidine groups is 1. The standard InChI is InChI=1S/C16H22ClN5O.HI/c1-10(2)11(3)20-16(18-4)19-9-14-21-15(22-23-14)12-6-5-7-13(17)8-12;/h5-8,10-11H,9H2,1-4H3,(H2,18,19,20);1H. The molecule has 8 heteroatoms. The van der Waals surface area contributed by atoms with Crippen LogP contribution in [-0.2, 0) is 6.54 Å². The molecule has 1 heterocycles. The number of halogens is 2. The summed E-state index contributed by atoms with van der Waals surface area (Å²) in [6.07, 6.45) is 0. The number of rotatable bonds is 5. The summed E-state index contributed by atoms with van der Waals surface area (Å²) in [7, 11) is 1.73. The van der Waals surface area contributed by atoms with Gasteiger partial charge in [-0.3, -0.25) is 4.99 Å². The predicted molar refractivity (Wildman–Crippen MR) is 108 cm³/mol. The van der Waals surface area contributed by atoms with Gasteiger partial charge in [0.1, 0.15) is 0 Å². The van der Waals surface area contributed by atoms with Crippen LogP contribution in [-0.4, -0.2) is 29.2 Å². The van der Waals surface area contributed by atoms with Crippen LogP contribution in [0.25, 0.3) is 11.4 Å². The molecule has 2 aromatic rings. The van der Waals surface area contributed by atoms with Gasteiger partial charge in [0.15, 0.2) is 5.96 Å². The van der Waals surface area contributed by atoms with E-state index in [2.05, 4.69) is 46.5 Å². The van der Waals surface area contributed by atoms with Gasteiger partial charge in [-0.05, 0) is 25.0 Å². The van der Waals surface area contributed by atoms with Crippen LogP contribution >= 0.6 is 35.6 Å². The Balaban J connectivity index is 0.00000288. The lowest BCUT2D eigenvalue weighted by Crippen LogP contribution is -2.43. The minimum atomic E-state index is 0. The fourth-order valence-corrected chi connectivity index (χ4v) is 2.00. The number of nitrogens with one attached hydrogen (secondary N) is 2. The fourth-order valence-electron chi connectivity index (χ4n) is 1.81. The summed E-state index contributed by atoms with van der Waals surface area (Å²) >= 11 is 5.97. The lowest BCUT2D eigenvalue weighted by Gasteiger charge is -2.20. The molecule has 0 aliphatic heterocycles. The van der Waals surface area contributed by atoms with Gasteiger partial charge in [-0.15, -0.1) is 24.0 Å². The van der Waals surface area contributed by atoms with Gasteiger partial charge in [-0.2, -0.15) is 4.98 Å². The van der Waals surface area contributed by atoms with Crippen molar-refractivity contribution in [2.24, 2.45) is 10.9 Å². The predicted octanol–water partition coefficient (Wildman–Crippen LogP) is 3.72. The molecule has 0 aliphatic rings. The second kappa shape index (κ2) is 9.83. The Morgan fingerprint density at radius 1 is 1.33 bits per heavy atom. The first-order valence-electron chi connectivity index (χ1n) is 7.55. The van der Waals surface area contributed by atoms with Gasteiger partial charge in [0.25, 0.3) is 0 Å². The molecule has 6 nitrogen and oxygen atoms in total. The molecule has 0 saturated heterocycles. The van der Waals surface area contributed by atoms with Gasteiger partial charge < -0.3 is 15.2 Å². The van der Waals surface area contributed by atoms with Crippen molar-refractivity contribution in [2.45, 2.75) is 33.4 Å². The molecular formula is C16H23ClIN5O. The van der Waals surface area contributed by atoms with Crippen LogP contribution in [0, 0.1) is 5.92 Å². The molecule has 0 fully saturated rings. The van der Waals surface area contributed by atoms with Gasteiger partial charge in [0, 0.05) is 23.7 Å². The molecule has 0 aliphatic carbocycles. The number of nitrogens with zero attached hydrogens (tertiary/aromatic N) is 3. The molecule has 24 heavy (non-hydrogen) atoms. The van der Waals surface area contributed by atoms with Crippen LogP contribution in [0.1, 0.15) is 26.7 Å². The zero-order valence-corrected chi connectivity index (χ0v) is 17.3. The zero-order valence-electron chi connectivity index (χ0n) is 14.2. The van der Waals surface area contributed by atoms with E-state index in [1.165, 1.54) is 0 Å². The first-order valence-corrected chi connectivity index (χ1v) is 7.93. The molecule has 132 valence electrons. The third-order valence-corrected chi connectivity index (χ3v) is 3.78. The molecule has 2 N–H and O–H groups in total. The number of benzene rings is 1. The molecule has 0 spiro atoms. The van der Waals surface area contributed by atoms with Crippen LogP contribution in [0.2, 0.25) is 5.02 Å². The SMILES string of the molecule is CN=C(NCc1nc(-c2cccc(Cl)c2)no1)NC(C)C(C)C.I. The first kappa shape index (κ1) is 20.7. The largest absolute Gasteiger partial charge is 0.354 e. The van der Waals surface area contributed by atoms with E-state index in [9.17, 15) is 0 Å². The Hall–Kier alpha value is -1.35. The quantitative estimate of drug-likeness (QED) is 0.402. The molecule has 0 bridgehead atoms. The molecule has 0 saturated carbocycles. The molecule has 2 rings (SSSR count). The molecule has 1 aromatic heterocycles. The maximum Gasteiger partial charge on any atom is 0.246 e. The molecule has 1 aromatic carbocycles. The van der Waals surface area contributed by atoms with Crippen molar-refractivity contribution in [1.29, 1.82) is 0 Å². The summed E-state index contributed by atoms with van der Waals surface area (Å²) in [5.74, 6) is 2.21. The van der Waals surface area contributed by atoms with Gasteiger partial charge in [-0.1, -0.05) is 42.7 Å². The van der Waals surface area contributed by atoms with Crippen molar-refractivity contribution in [3.8, 4) is 11.4 Å². The summed E-state index contributed by atoms with van der Waals surface area (Å²) in [6.45, 7) is 6.82. The van der Waals surface area contributed by atoms with Crippen molar-refractivity contribution in [2.75, 3.05) is 7.05 Å². The van der Waals surface area contributed by atoms with E-state index in [1.54, 1.807) is 19.2 Å². The van der Waals surface area contributed by atoms with Gasteiger partial charge in [-0.25, -0.2) is 0 Å². The van der Waals surface area contributed by atoms with Gasteiger partial charge in [0.05, 0.1) is 6.54 Å². The number of aromatic nitrogens is 2. The summed E-state index contributed by atoms with van der Waals surface area (Å²) < 4.78 is 5.26. The monoisotopic (exact) mass is 463 g/mol. The molecule has 0 amide bonds. The lowest BCUT2D eigenvalue weighted by atomic mass is 10.1. The summed E-state index contributed by atoms with van der Waals surface area (Å²) in [4.78, 5) is 8.55. The smallest absolute Gasteiger partial charge is 0.246 e. The van der Waals surface area contributed by atoms with E-state index in [0.29, 0.717) is 41.2 Å². The highest BCUT2D eigenvalue weighted by Gasteiger charge is 2.12. The summed E-state index contributed by atoms with van der Waals surface area (Å²) in [5.41, 5.74) is 0.823. The average molecular weight is 464 g/mol. The number of hydrogen-bond acceptors (Lipinski definition) is 4. The van der Waals surface area contributed by atoms with Crippen LogP contribution in [0.15, 0.2) is 33.8 Å². The number of hydrogen-bond donors (Lipinski definition) is 2. The Kier molecular flexibility index (Phi) is 8.47. The van der Waals surface area contributed by atoms with E-state index in [0.717, 1.165) is 5.56 Å². The Bertz CT molecular complexity index is 674. The second-order valence-corrected chi connectivity index (χ2v) is 6.06. The Labute approximate surface area is 164 Å². The maximum atomic E-state index is 5.97. The molecule has 0 radical (unpaired) electrons. The third-order valence-electron chi connectivity index (χ3n) is 3.55. The maximum absolute atomic E-state index is 5.97. The van der Waals surface area contributed by atoms with Crippen LogP contribution < -0.4 is 10.6 Å². The second-order valence-electron chi connectivity index (χ2n) is 5.62. The van der Waals surface area contributed by atoms with Crippen LogP contribution in [0.5, 0.6) is 0 Å². The van der Waals surface area contributed by atoms with E-state index in [4.69, 9.17) is 16.1 Å². The van der Waals surface area contributed by atoms with Crippen LogP contribution in [0.3, 0.4) is 0 Å².